The number of carbonyl (C=O) groups excluding carboxylic acids is 2. The maximum absolute atomic E-state index is 12.4. The maximum Gasteiger partial charge on any atom is 0.345 e. The summed E-state index contributed by atoms with van der Waals surface area (Å²) >= 11 is 0. The lowest BCUT2D eigenvalue weighted by Gasteiger charge is -2.25. The molecule has 1 aliphatic carbocycles. The lowest BCUT2D eigenvalue weighted by molar-refractivity contribution is -0.140. The predicted molar refractivity (Wildman–Crippen MR) is 62.8 cm³/mol. The van der Waals surface area contributed by atoms with E-state index in [4.69, 9.17) is 4.74 Å². The molecule has 18 heavy (non-hydrogen) atoms. The molecule has 5 nitrogen and oxygen atoms in total. The quantitative estimate of drug-likeness (QED) is 0.633. The van der Waals surface area contributed by atoms with Gasteiger partial charge in [0.2, 0.25) is 0 Å². The van der Waals surface area contributed by atoms with Gasteiger partial charge >= 0.3 is 5.97 Å². The SMILES string of the molecule is CCOC(=O)C1=C(O)c2cccn2C2(CC2)C1=O. The van der Waals surface area contributed by atoms with Crippen molar-refractivity contribution >= 4 is 17.5 Å². The molecule has 0 aromatic carbocycles. The van der Waals surface area contributed by atoms with Crippen LogP contribution in [0.3, 0.4) is 0 Å². The summed E-state index contributed by atoms with van der Waals surface area (Å²) in [7, 11) is 0. The Balaban J connectivity index is 2.16. The molecule has 0 saturated heterocycles. The molecule has 94 valence electrons. The summed E-state index contributed by atoms with van der Waals surface area (Å²) in [5.74, 6) is -1.35. The fraction of sp³-hybridized carbons (Fsp3) is 0.385. The highest BCUT2D eigenvalue weighted by Crippen LogP contribution is 2.50. The Hall–Kier alpha value is -2.04. The summed E-state index contributed by atoms with van der Waals surface area (Å²) in [6.45, 7) is 1.84. The molecule has 1 aromatic rings. The van der Waals surface area contributed by atoms with E-state index in [0.717, 1.165) is 0 Å². The number of esters is 1. The Morgan fingerprint density at radius 2 is 2.28 bits per heavy atom. The van der Waals surface area contributed by atoms with Crippen LogP contribution in [0.4, 0.5) is 0 Å². The molecule has 1 saturated carbocycles. The lowest BCUT2D eigenvalue weighted by atomic mass is 9.95. The summed E-state index contributed by atoms with van der Waals surface area (Å²) < 4.78 is 6.61. The number of ether oxygens (including phenoxy) is 1. The monoisotopic (exact) mass is 247 g/mol. The molecule has 1 aliphatic heterocycles. The zero-order valence-corrected chi connectivity index (χ0v) is 9.97. The van der Waals surface area contributed by atoms with Crippen molar-refractivity contribution in [3.8, 4) is 0 Å². The summed E-state index contributed by atoms with van der Waals surface area (Å²) in [6, 6.07) is 3.45. The van der Waals surface area contributed by atoms with Crippen LogP contribution in [-0.2, 0) is 19.9 Å². The second kappa shape index (κ2) is 3.48. The zero-order chi connectivity index (χ0) is 12.9. The van der Waals surface area contributed by atoms with Crippen LogP contribution in [0.1, 0.15) is 25.5 Å². The molecular weight excluding hydrogens is 234 g/mol. The summed E-state index contributed by atoms with van der Waals surface area (Å²) in [4.78, 5) is 24.2. The number of rotatable bonds is 2. The summed E-state index contributed by atoms with van der Waals surface area (Å²) in [5.41, 5.74) is -0.358. The lowest BCUT2D eigenvalue weighted by Crippen LogP contribution is -2.37. The molecule has 3 rings (SSSR count). The van der Waals surface area contributed by atoms with Crippen molar-refractivity contribution in [3.63, 3.8) is 0 Å². The van der Waals surface area contributed by atoms with Crippen LogP contribution in [0.25, 0.3) is 5.76 Å². The van der Waals surface area contributed by atoms with E-state index in [-0.39, 0.29) is 23.7 Å². The Bertz CT molecular complexity index is 578. The third-order valence-electron chi connectivity index (χ3n) is 3.54. The molecular formula is C13H13NO4. The smallest absolute Gasteiger partial charge is 0.345 e. The van der Waals surface area contributed by atoms with Crippen molar-refractivity contribution in [1.29, 1.82) is 0 Å². The van der Waals surface area contributed by atoms with Crippen molar-refractivity contribution in [3.05, 3.63) is 29.6 Å². The predicted octanol–water partition coefficient (Wildman–Crippen LogP) is 1.39. The van der Waals surface area contributed by atoms with Crippen LogP contribution >= 0.6 is 0 Å². The topological polar surface area (TPSA) is 68.5 Å². The van der Waals surface area contributed by atoms with Crippen LogP contribution in [-0.4, -0.2) is 28.0 Å². The van der Waals surface area contributed by atoms with Crippen LogP contribution in [0.15, 0.2) is 23.9 Å². The van der Waals surface area contributed by atoms with Crippen molar-refractivity contribution in [1.82, 2.24) is 4.57 Å². The molecule has 0 unspecified atom stereocenters. The Morgan fingerprint density at radius 1 is 1.56 bits per heavy atom. The normalized spacial score (nSPS) is 19.9. The van der Waals surface area contributed by atoms with Gasteiger partial charge in [0.05, 0.1) is 12.3 Å². The number of aliphatic hydroxyl groups is 1. The third-order valence-corrected chi connectivity index (χ3v) is 3.54. The zero-order valence-electron chi connectivity index (χ0n) is 9.97. The summed E-state index contributed by atoms with van der Waals surface area (Å²) in [6.07, 6.45) is 3.16. The molecule has 1 fully saturated rings. The van der Waals surface area contributed by atoms with Crippen molar-refractivity contribution in [2.75, 3.05) is 6.61 Å². The minimum atomic E-state index is -0.737. The Morgan fingerprint density at radius 3 is 2.89 bits per heavy atom. The largest absolute Gasteiger partial charge is 0.505 e. The first-order valence-corrected chi connectivity index (χ1v) is 5.95. The molecule has 5 heteroatoms. The minimum Gasteiger partial charge on any atom is -0.505 e. The van der Waals surface area contributed by atoms with Gasteiger partial charge in [-0.05, 0) is 31.9 Å². The van der Waals surface area contributed by atoms with E-state index in [0.29, 0.717) is 18.5 Å². The van der Waals surface area contributed by atoms with Crippen LogP contribution in [0, 0.1) is 0 Å². The Labute approximate surface area is 104 Å². The first kappa shape index (κ1) is 11.1. The van der Waals surface area contributed by atoms with Gasteiger partial charge in [-0.25, -0.2) is 4.79 Å². The third kappa shape index (κ3) is 1.21. The fourth-order valence-corrected chi connectivity index (χ4v) is 2.50. The van der Waals surface area contributed by atoms with Crippen LogP contribution in [0.5, 0.6) is 0 Å². The van der Waals surface area contributed by atoms with Gasteiger partial charge in [-0.15, -0.1) is 0 Å². The van der Waals surface area contributed by atoms with Gasteiger partial charge in [0.25, 0.3) is 0 Å². The van der Waals surface area contributed by atoms with Gasteiger partial charge in [-0.3, -0.25) is 4.79 Å². The van der Waals surface area contributed by atoms with Crippen molar-refractivity contribution in [2.45, 2.75) is 25.3 Å². The highest BCUT2D eigenvalue weighted by atomic mass is 16.5. The van der Waals surface area contributed by atoms with Gasteiger partial charge in [0.15, 0.2) is 11.5 Å². The maximum atomic E-state index is 12.4. The molecule has 1 N–H and O–H groups in total. The second-order valence-electron chi connectivity index (χ2n) is 4.57. The summed E-state index contributed by atoms with van der Waals surface area (Å²) in [5, 5.41) is 10.1. The Kier molecular flexibility index (Phi) is 2.14. The van der Waals surface area contributed by atoms with E-state index >= 15 is 0 Å². The van der Waals surface area contributed by atoms with Crippen LogP contribution < -0.4 is 0 Å². The average Bonchev–Trinajstić information content (AvgIpc) is 2.97. The molecule has 1 aromatic heterocycles. The van der Waals surface area contributed by atoms with Gasteiger partial charge in [-0.1, -0.05) is 0 Å². The first-order chi connectivity index (χ1) is 8.62. The molecule has 1 spiro atoms. The van der Waals surface area contributed by atoms with Gasteiger partial charge < -0.3 is 14.4 Å². The van der Waals surface area contributed by atoms with E-state index in [1.165, 1.54) is 0 Å². The second-order valence-corrected chi connectivity index (χ2v) is 4.57. The number of fused-ring (bicyclic) bond motifs is 2. The highest BCUT2D eigenvalue weighted by Gasteiger charge is 2.57. The minimum absolute atomic E-state index is 0.177. The molecule has 0 radical (unpaired) electrons. The number of Topliss-reactive ketones (excluding diaryl/α,β-unsaturated/α-hetero) is 1. The standard InChI is InChI=1S/C13H13NO4/c1-2-18-12(17)9-10(15)8-4-3-7-14(8)13(5-6-13)11(9)16/h3-4,7,15H,2,5-6H2,1H3. The first-order valence-electron chi connectivity index (χ1n) is 5.95. The van der Waals surface area contributed by atoms with Gasteiger partial charge in [-0.2, -0.15) is 0 Å². The molecule has 2 heterocycles. The van der Waals surface area contributed by atoms with E-state index in [1.807, 2.05) is 0 Å². The number of carbonyl (C=O) groups is 2. The number of hydrogen-bond donors (Lipinski definition) is 1. The van der Waals surface area contributed by atoms with Crippen LogP contribution in [0.2, 0.25) is 0 Å². The molecule has 0 bridgehead atoms. The molecule has 2 aliphatic rings. The van der Waals surface area contributed by atoms with E-state index < -0.39 is 11.5 Å². The average molecular weight is 247 g/mol. The number of nitrogens with zero attached hydrogens (tertiary/aromatic N) is 1. The van der Waals surface area contributed by atoms with E-state index in [1.54, 1.807) is 29.8 Å². The van der Waals surface area contributed by atoms with Crippen molar-refractivity contribution in [2.24, 2.45) is 0 Å². The van der Waals surface area contributed by atoms with Gasteiger partial charge in [0.1, 0.15) is 11.1 Å². The van der Waals surface area contributed by atoms with E-state index in [9.17, 15) is 14.7 Å². The molecule has 0 atom stereocenters. The van der Waals surface area contributed by atoms with Crippen molar-refractivity contribution < 1.29 is 19.4 Å². The number of aliphatic hydroxyl groups excluding tert-OH is 1. The molecule has 0 amide bonds. The number of hydrogen-bond acceptors (Lipinski definition) is 4. The number of ketones is 1. The van der Waals surface area contributed by atoms with E-state index in [2.05, 4.69) is 0 Å². The fourth-order valence-electron chi connectivity index (χ4n) is 2.50. The van der Waals surface area contributed by atoms with Gasteiger partial charge in [0, 0.05) is 6.20 Å². The number of aromatic nitrogens is 1. The highest BCUT2D eigenvalue weighted by molar-refractivity contribution is 6.26.